The van der Waals surface area contributed by atoms with Crippen molar-refractivity contribution >= 4 is 28.5 Å². The van der Waals surface area contributed by atoms with Crippen molar-refractivity contribution in [1.82, 2.24) is 5.32 Å². The summed E-state index contributed by atoms with van der Waals surface area (Å²) >= 11 is 0. The van der Waals surface area contributed by atoms with Crippen LogP contribution >= 0.6 is 0 Å². The molecular formula is C20H20N4O3. The highest BCUT2D eigenvalue weighted by Crippen LogP contribution is 2.24. The van der Waals surface area contributed by atoms with Crippen LogP contribution in [-0.4, -0.2) is 11.9 Å². The van der Waals surface area contributed by atoms with Gasteiger partial charge in [-0.3, -0.25) is 10.1 Å². The number of fused-ring (bicyclic) bond motifs is 1. The Morgan fingerprint density at radius 2 is 1.96 bits per heavy atom. The van der Waals surface area contributed by atoms with Crippen molar-refractivity contribution in [2.24, 2.45) is 15.9 Å². The Morgan fingerprint density at radius 1 is 1.19 bits per heavy atom. The van der Waals surface area contributed by atoms with E-state index >= 15 is 0 Å². The average Bonchev–Trinajstić information content (AvgIpc) is 3.03. The summed E-state index contributed by atoms with van der Waals surface area (Å²) in [5, 5.41) is 6.25. The number of carbonyl (C=O) groups is 1. The lowest BCUT2D eigenvalue weighted by atomic mass is 10.1. The van der Waals surface area contributed by atoms with Crippen LogP contribution in [0.2, 0.25) is 0 Å². The van der Waals surface area contributed by atoms with Crippen LogP contribution in [-0.2, 0) is 6.54 Å². The molecule has 0 atom stereocenters. The number of furan rings is 1. The number of aliphatic imine (C=N–C) groups is 1. The summed E-state index contributed by atoms with van der Waals surface area (Å²) in [4.78, 5) is 26.8. The molecule has 0 aliphatic carbocycles. The van der Waals surface area contributed by atoms with Gasteiger partial charge < -0.3 is 10.2 Å². The van der Waals surface area contributed by atoms with Gasteiger partial charge in [0.2, 0.25) is 5.96 Å². The lowest BCUT2D eigenvalue weighted by molar-refractivity contribution is 0.0976. The van der Waals surface area contributed by atoms with Crippen LogP contribution in [0.15, 0.2) is 76.3 Å². The van der Waals surface area contributed by atoms with Gasteiger partial charge in [-0.05, 0) is 48.9 Å². The van der Waals surface area contributed by atoms with Gasteiger partial charge in [-0.1, -0.05) is 17.3 Å². The number of hydrogen-bond acceptors (Lipinski definition) is 5. The zero-order valence-corrected chi connectivity index (χ0v) is 14.9. The van der Waals surface area contributed by atoms with Crippen LogP contribution < -0.4 is 11.1 Å². The van der Waals surface area contributed by atoms with E-state index in [0.29, 0.717) is 16.8 Å². The van der Waals surface area contributed by atoms with Gasteiger partial charge in [-0.2, -0.15) is 4.91 Å². The predicted octanol–water partition coefficient (Wildman–Crippen LogP) is 4.19. The summed E-state index contributed by atoms with van der Waals surface area (Å²) in [6.45, 7) is 7.88. The third-order valence-corrected chi connectivity index (χ3v) is 3.55. The molecule has 1 aromatic heterocycles. The minimum Gasteiger partial charge on any atom is -0.461 e. The molecule has 27 heavy (non-hydrogen) atoms. The van der Waals surface area contributed by atoms with Crippen molar-refractivity contribution in [3.05, 3.63) is 83.5 Å². The Hall–Kier alpha value is -3.74. The van der Waals surface area contributed by atoms with Crippen LogP contribution in [0.3, 0.4) is 0 Å². The van der Waals surface area contributed by atoms with E-state index in [2.05, 4.69) is 28.6 Å². The van der Waals surface area contributed by atoms with Gasteiger partial charge in [0, 0.05) is 10.9 Å². The lowest BCUT2D eigenvalue weighted by Crippen LogP contribution is -2.36. The Kier molecular flexibility index (Phi) is 6.60. The third-order valence-electron chi connectivity index (χ3n) is 3.55. The van der Waals surface area contributed by atoms with E-state index in [1.807, 2.05) is 19.1 Å². The van der Waals surface area contributed by atoms with Crippen molar-refractivity contribution in [2.45, 2.75) is 13.5 Å². The largest absolute Gasteiger partial charge is 0.461 e. The molecule has 0 spiro atoms. The van der Waals surface area contributed by atoms with E-state index in [9.17, 15) is 9.70 Å². The van der Waals surface area contributed by atoms with Gasteiger partial charge in [0.05, 0.1) is 5.69 Å². The molecule has 0 saturated heterocycles. The summed E-state index contributed by atoms with van der Waals surface area (Å²) < 4.78 is 5.50. The number of hydrogen-bond donors (Lipinski definition) is 2. The first-order valence-corrected chi connectivity index (χ1v) is 8.09. The van der Waals surface area contributed by atoms with E-state index in [1.165, 1.54) is 0 Å². The number of aryl methyl sites for hydroxylation is 1. The number of rotatable bonds is 4. The first kappa shape index (κ1) is 19.6. The summed E-state index contributed by atoms with van der Waals surface area (Å²) in [6, 6.07) is 13.9. The molecule has 0 aliphatic heterocycles. The van der Waals surface area contributed by atoms with Crippen molar-refractivity contribution in [1.29, 1.82) is 0 Å². The van der Waals surface area contributed by atoms with Crippen LogP contribution in [0.1, 0.15) is 21.7 Å². The Morgan fingerprint density at radius 3 is 2.70 bits per heavy atom. The minimum atomic E-state index is -0.408. The maximum Gasteiger partial charge on any atom is 0.257 e. The monoisotopic (exact) mass is 364 g/mol. The predicted molar refractivity (Wildman–Crippen MR) is 107 cm³/mol. The normalized spacial score (nSPS) is 10.8. The number of nitrogens with one attached hydrogen (secondary N) is 1. The van der Waals surface area contributed by atoms with Gasteiger partial charge >= 0.3 is 0 Å². The molecule has 138 valence electrons. The SMILES string of the molecule is C=C.Cc1cc2cc(N=C(N)NC(=O)c3cccc(CN=O)c3)ccc2o1. The molecular weight excluding hydrogens is 344 g/mol. The van der Waals surface area contributed by atoms with Crippen molar-refractivity contribution in [3.8, 4) is 0 Å². The third kappa shape index (κ3) is 5.12. The molecule has 7 heteroatoms. The second kappa shape index (κ2) is 9.10. The molecule has 0 bridgehead atoms. The second-order valence-corrected chi connectivity index (χ2v) is 5.52. The van der Waals surface area contributed by atoms with E-state index in [0.717, 1.165) is 16.7 Å². The number of nitrogens with zero attached hydrogens (tertiary/aromatic N) is 2. The highest BCUT2D eigenvalue weighted by molar-refractivity contribution is 6.06. The fraction of sp³-hybridized carbons (Fsp3) is 0.100. The van der Waals surface area contributed by atoms with Crippen LogP contribution in [0.4, 0.5) is 5.69 Å². The van der Waals surface area contributed by atoms with Crippen molar-refractivity contribution in [2.75, 3.05) is 0 Å². The fourth-order valence-corrected chi connectivity index (χ4v) is 2.47. The van der Waals surface area contributed by atoms with E-state index < -0.39 is 5.91 Å². The second-order valence-electron chi connectivity index (χ2n) is 5.52. The summed E-state index contributed by atoms with van der Waals surface area (Å²) in [5.74, 6) is 0.375. The molecule has 1 amide bonds. The molecule has 3 N–H and O–H groups in total. The zero-order chi connectivity index (χ0) is 19.8. The summed E-state index contributed by atoms with van der Waals surface area (Å²) in [6.07, 6.45) is 0. The first-order chi connectivity index (χ1) is 13.0. The van der Waals surface area contributed by atoms with Gasteiger partial charge in [-0.25, -0.2) is 4.99 Å². The highest BCUT2D eigenvalue weighted by Gasteiger charge is 2.08. The van der Waals surface area contributed by atoms with Gasteiger partial charge in [0.1, 0.15) is 17.9 Å². The number of benzene rings is 2. The number of guanidine groups is 1. The zero-order valence-electron chi connectivity index (χ0n) is 14.9. The Balaban J connectivity index is 0.00000126. The molecule has 3 rings (SSSR count). The average molecular weight is 364 g/mol. The van der Waals surface area contributed by atoms with Crippen LogP contribution in [0, 0.1) is 11.8 Å². The highest BCUT2D eigenvalue weighted by atomic mass is 16.3. The maximum absolute atomic E-state index is 12.2. The summed E-state index contributed by atoms with van der Waals surface area (Å²) in [7, 11) is 0. The number of nitrogens with two attached hydrogens (primary N) is 1. The Labute approximate surface area is 156 Å². The van der Waals surface area contributed by atoms with E-state index in [4.69, 9.17) is 10.2 Å². The molecule has 0 fully saturated rings. The molecule has 0 aliphatic rings. The topological polar surface area (TPSA) is 110 Å². The maximum atomic E-state index is 12.2. The number of carbonyl (C=O) groups excluding carboxylic acids is 1. The minimum absolute atomic E-state index is 0.00875. The molecule has 2 aromatic carbocycles. The molecule has 3 aromatic rings. The van der Waals surface area contributed by atoms with Gasteiger partial charge in [-0.15, -0.1) is 13.2 Å². The molecule has 1 heterocycles. The lowest BCUT2D eigenvalue weighted by Gasteiger charge is -2.05. The van der Waals surface area contributed by atoms with Crippen LogP contribution in [0.5, 0.6) is 0 Å². The standard InChI is InChI=1S/C18H16N4O3.C2H4/c1-11-7-14-9-15(5-6-16(14)25-11)21-18(19)22-17(23)13-4-2-3-12(8-13)10-20-24;1-2/h2-9H,10H2,1H3,(H3,19,21,22,23);1-2H2. The Bertz CT molecular complexity index is 992. The number of nitroso groups, excluding NO2 is 1. The molecule has 0 unspecified atom stereocenters. The van der Waals surface area contributed by atoms with Crippen molar-refractivity contribution < 1.29 is 9.21 Å². The summed E-state index contributed by atoms with van der Waals surface area (Å²) in [5.41, 5.74) is 8.21. The van der Waals surface area contributed by atoms with E-state index in [1.54, 1.807) is 36.4 Å². The quantitative estimate of drug-likeness (QED) is 0.313. The van der Waals surface area contributed by atoms with Crippen LogP contribution in [0.25, 0.3) is 11.0 Å². The van der Waals surface area contributed by atoms with Gasteiger partial charge in [0.25, 0.3) is 5.91 Å². The molecule has 7 nitrogen and oxygen atoms in total. The fourth-order valence-electron chi connectivity index (χ4n) is 2.47. The molecule has 0 radical (unpaired) electrons. The van der Waals surface area contributed by atoms with Crippen molar-refractivity contribution in [3.63, 3.8) is 0 Å². The number of amides is 1. The molecule has 0 saturated carbocycles. The van der Waals surface area contributed by atoms with E-state index in [-0.39, 0.29) is 12.5 Å². The van der Waals surface area contributed by atoms with Gasteiger partial charge in [0.15, 0.2) is 0 Å². The first-order valence-electron chi connectivity index (χ1n) is 8.09. The smallest absolute Gasteiger partial charge is 0.257 e.